The van der Waals surface area contributed by atoms with Gasteiger partial charge in [-0.1, -0.05) is 35.0 Å². The first kappa shape index (κ1) is 22.5. The zero-order valence-corrected chi connectivity index (χ0v) is 17.7. The van der Waals surface area contributed by atoms with E-state index in [1.807, 2.05) is 0 Å². The number of carbonyl (C=O) groups is 2. The normalized spacial score (nSPS) is 18.6. The Kier molecular flexibility index (Phi) is 6.64. The molecule has 0 bridgehead atoms. The summed E-state index contributed by atoms with van der Waals surface area (Å²) in [6, 6.07) is 9.63. The smallest absolute Gasteiger partial charge is 0.325 e. The van der Waals surface area contributed by atoms with E-state index >= 15 is 0 Å². The lowest BCUT2D eigenvalue weighted by molar-refractivity contribution is -0.137. The Morgan fingerprint density at radius 2 is 1.87 bits per heavy atom. The van der Waals surface area contributed by atoms with Gasteiger partial charge in [0.05, 0.1) is 16.3 Å². The first-order valence-electron chi connectivity index (χ1n) is 8.49. The van der Waals surface area contributed by atoms with Gasteiger partial charge >= 0.3 is 6.18 Å². The number of halogens is 5. The number of rotatable bonds is 3. The number of carbonyl (C=O) groups excluding carboxylic acids is 2. The zero-order chi connectivity index (χ0) is 22.1. The Morgan fingerprint density at radius 3 is 2.50 bits per heavy atom. The highest BCUT2D eigenvalue weighted by atomic mass is 35.5. The molecule has 3 rings (SSSR count). The van der Waals surface area contributed by atoms with E-state index in [9.17, 15) is 22.8 Å². The first-order valence-corrected chi connectivity index (χ1v) is 10.1. The number of nitrogens with one attached hydrogen (secondary N) is 1. The molecule has 2 aromatic carbocycles. The maximum absolute atomic E-state index is 13.1. The van der Waals surface area contributed by atoms with E-state index in [1.165, 1.54) is 18.0 Å². The van der Waals surface area contributed by atoms with E-state index in [4.69, 9.17) is 23.2 Å². The molecule has 11 heteroatoms. The molecule has 158 valence electrons. The topological polar surface area (TPSA) is 61.8 Å². The van der Waals surface area contributed by atoms with Crippen molar-refractivity contribution in [3.8, 4) is 0 Å². The van der Waals surface area contributed by atoms with Gasteiger partial charge in [0.2, 0.25) is 11.8 Å². The molecular weight excluding hydrogens is 462 g/mol. The van der Waals surface area contributed by atoms with E-state index in [0.717, 1.165) is 23.9 Å². The van der Waals surface area contributed by atoms with E-state index in [1.54, 1.807) is 24.3 Å². The molecule has 0 aromatic heterocycles. The van der Waals surface area contributed by atoms with Gasteiger partial charge in [-0.25, -0.2) is 4.99 Å². The molecule has 1 atom stereocenters. The molecule has 2 aromatic rings. The number of anilines is 1. The molecule has 0 aliphatic carbocycles. The van der Waals surface area contributed by atoms with Crippen LogP contribution in [0.1, 0.15) is 12.0 Å². The van der Waals surface area contributed by atoms with Crippen LogP contribution in [-0.4, -0.2) is 34.2 Å². The van der Waals surface area contributed by atoms with Gasteiger partial charge < -0.3 is 5.32 Å². The molecular formula is C19H14Cl2F3N3O2S. The third kappa shape index (κ3) is 5.27. The van der Waals surface area contributed by atoms with E-state index in [0.29, 0.717) is 10.7 Å². The van der Waals surface area contributed by atoms with Crippen molar-refractivity contribution in [1.82, 2.24) is 4.90 Å². The highest BCUT2D eigenvalue weighted by Gasteiger charge is 2.35. The first-order chi connectivity index (χ1) is 14.0. The molecule has 1 aliphatic rings. The number of hydrogen-bond donors (Lipinski definition) is 1. The van der Waals surface area contributed by atoms with Gasteiger partial charge in [0.15, 0.2) is 5.17 Å². The van der Waals surface area contributed by atoms with Crippen molar-refractivity contribution in [1.29, 1.82) is 0 Å². The van der Waals surface area contributed by atoms with Crippen LogP contribution in [0.3, 0.4) is 0 Å². The number of alkyl halides is 3. The molecule has 0 unspecified atom stereocenters. The van der Waals surface area contributed by atoms with Crippen LogP contribution in [-0.2, 0) is 15.8 Å². The van der Waals surface area contributed by atoms with Crippen molar-refractivity contribution < 1.29 is 22.8 Å². The molecule has 1 saturated heterocycles. The van der Waals surface area contributed by atoms with E-state index < -0.39 is 27.9 Å². The standard InChI is InChI=1S/C19H14Cl2F3N3O2S/c1-27-16(28)9-15(17(29)25-11-4-2-10(20)3-5-11)30-18(27)26-12-6-7-14(21)13(8-12)19(22,23)24/h2-8,15H,9H2,1H3,(H,25,29)/t15-/m1/s1. The van der Waals surface area contributed by atoms with Crippen molar-refractivity contribution in [3.63, 3.8) is 0 Å². The SMILES string of the molecule is CN1C(=O)C[C@H](C(=O)Nc2ccc(Cl)cc2)SC1=Nc1ccc(Cl)c(C(F)(F)F)c1. The summed E-state index contributed by atoms with van der Waals surface area (Å²) in [6.07, 6.45) is -4.72. The Labute approximate surface area is 184 Å². The molecule has 2 amide bonds. The summed E-state index contributed by atoms with van der Waals surface area (Å²) in [5.41, 5.74) is -0.562. The van der Waals surface area contributed by atoms with Gasteiger partial charge in [-0.05, 0) is 42.5 Å². The summed E-state index contributed by atoms with van der Waals surface area (Å²) in [7, 11) is 1.45. The largest absolute Gasteiger partial charge is 0.417 e. The number of hydrogen-bond acceptors (Lipinski definition) is 4. The second-order valence-electron chi connectivity index (χ2n) is 6.32. The maximum Gasteiger partial charge on any atom is 0.417 e. The Hall–Kier alpha value is -2.23. The quantitative estimate of drug-likeness (QED) is 0.627. The minimum Gasteiger partial charge on any atom is -0.325 e. The average Bonchev–Trinajstić information content (AvgIpc) is 2.67. The van der Waals surface area contributed by atoms with Crippen LogP contribution in [0.5, 0.6) is 0 Å². The Balaban J connectivity index is 1.83. The molecule has 1 heterocycles. The molecule has 0 saturated carbocycles. The number of benzene rings is 2. The average molecular weight is 476 g/mol. The predicted molar refractivity (Wildman–Crippen MR) is 112 cm³/mol. The summed E-state index contributed by atoms with van der Waals surface area (Å²) in [4.78, 5) is 30.2. The lowest BCUT2D eigenvalue weighted by atomic mass is 10.2. The molecule has 1 aliphatic heterocycles. The predicted octanol–water partition coefficient (Wildman–Crippen LogP) is 5.60. The van der Waals surface area contributed by atoms with Crippen LogP contribution in [0.25, 0.3) is 0 Å². The fourth-order valence-corrected chi connectivity index (χ4v) is 3.98. The van der Waals surface area contributed by atoms with Gasteiger partial charge in [0.25, 0.3) is 0 Å². The number of amidine groups is 1. The van der Waals surface area contributed by atoms with Crippen molar-refractivity contribution >= 4 is 63.3 Å². The van der Waals surface area contributed by atoms with Crippen LogP contribution in [0, 0.1) is 0 Å². The van der Waals surface area contributed by atoms with Gasteiger partial charge in [0, 0.05) is 24.2 Å². The van der Waals surface area contributed by atoms with Gasteiger partial charge in [0.1, 0.15) is 5.25 Å². The van der Waals surface area contributed by atoms with Crippen LogP contribution < -0.4 is 5.32 Å². The van der Waals surface area contributed by atoms with Crippen LogP contribution >= 0.6 is 35.0 Å². The zero-order valence-electron chi connectivity index (χ0n) is 15.3. The second-order valence-corrected chi connectivity index (χ2v) is 8.33. The molecule has 1 fully saturated rings. The molecule has 0 radical (unpaired) electrons. The molecule has 0 spiro atoms. The molecule has 1 N–H and O–H groups in total. The second kappa shape index (κ2) is 8.87. The summed E-state index contributed by atoms with van der Waals surface area (Å²) < 4.78 is 39.2. The minimum atomic E-state index is -4.64. The van der Waals surface area contributed by atoms with Gasteiger partial charge in [-0.15, -0.1) is 0 Å². The number of amides is 2. The Morgan fingerprint density at radius 1 is 1.20 bits per heavy atom. The maximum atomic E-state index is 13.1. The van der Waals surface area contributed by atoms with Crippen molar-refractivity contribution in [2.75, 3.05) is 12.4 Å². The molecule has 5 nitrogen and oxygen atoms in total. The van der Waals surface area contributed by atoms with Gasteiger partial charge in [-0.3, -0.25) is 14.5 Å². The van der Waals surface area contributed by atoms with Crippen LogP contribution in [0.4, 0.5) is 24.5 Å². The van der Waals surface area contributed by atoms with Gasteiger partial charge in [-0.2, -0.15) is 13.2 Å². The van der Waals surface area contributed by atoms with Crippen LogP contribution in [0.15, 0.2) is 47.5 Å². The minimum absolute atomic E-state index is 0.0346. The highest BCUT2D eigenvalue weighted by molar-refractivity contribution is 8.15. The lowest BCUT2D eigenvalue weighted by Crippen LogP contribution is -2.43. The van der Waals surface area contributed by atoms with E-state index in [2.05, 4.69) is 10.3 Å². The van der Waals surface area contributed by atoms with Crippen molar-refractivity contribution in [3.05, 3.63) is 58.1 Å². The lowest BCUT2D eigenvalue weighted by Gasteiger charge is -2.28. The fourth-order valence-electron chi connectivity index (χ4n) is 2.56. The monoisotopic (exact) mass is 475 g/mol. The number of nitrogens with zero attached hydrogens (tertiary/aromatic N) is 2. The molecule has 30 heavy (non-hydrogen) atoms. The number of aliphatic imine (C=N–C) groups is 1. The third-order valence-corrected chi connectivity index (χ3v) is 5.98. The van der Waals surface area contributed by atoms with Crippen molar-refractivity contribution in [2.24, 2.45) is 4.99 Å². The summed E-state index contributed by atoms with van der Waals surface area (Å²) in [5, 5.41) is 2.06. The highest BCUT2D eigenvalue weighted by Crippen LogP contribution is 2.37. The van der Waals surface area contributed by atoms with Crippen LogP contribution in [0.2, 0.25) is 10.0 Å². The summed E-state index contributed by atoms with van der Waals surface area (Å²) in [5.74, 6) is -0.808. The Bertz CT molecular complexity index is 1010. The fraction of sp³-hybridized carbons (Fsp3) is 0.211. The number of thioether (sulfide) groups is 1. The van der Waals surface area contributed by atoms with E-state index in [-0.39, 0.29) is 23.2 Å². The summed E-state index contributed by atoms with van der Waals surface area (Å²) >= 11 is 12.4. The summed E-state index contributed by atoms with van der Waals surface area (Å²) in [6.45, 7) is 0. The third-order valence-electron chi connectivity index (χ3n) is 4.15. The van der Waals surface area contributed by atoms with Crippen molar-refractivity contribution in [2.45, 2.75) is 17.8 Å².